The van der Waals surface area contributed by atoms with Crippen LogP contribution in [-0.2, 0) is 9.53 Å². The highest BCUT2D eigenvalue weighted by atomic mass is 19.1. The number of para-hydroxylation sites is 1. The topological polar surface area (TPSA) is 62.8 Å². The normalized spacial score (nSPS) is 13.7. The highest BCUT2D eigenvalue weighted by Gasteiger charge is 2.11. The van der Waals surface area contributed by atoms with E-state index in [9.17, 15) is 9.18 Å². The molecule has 1 saturated heterocycles. The van der Waals surface area contributed by atoms with Crippen molar-refractivity contribution in [2.45, 2.75) is 0 Å². The summed E-state index contributed by atoms with van der Waals surface area (Å²) in [6, 6.07) is 13.8. The van der Waals surface area contributed by atoms with Crippen LogP contribution in [0.25, 0.3) is 5.70 Å². The average molecular weight is 371 g/mol. The van der Waals surface area contributed by atoms with Crippen molar-refractivity contribution in [2.24, 2.45) is 0 Å². The summed E-state index contributed by atoms with van der Waals surface area (Å²) in [5, 5.41) is 0. The van der Waals surface area contributed by atoms with Gasteiger partial charge >= 0.3 is 0 Å². The molecule has 2 aromatic carbocycles. The molecule has 142 valence electrons. The van der Waals surface area contributed by atoms with Crippen molar-refractivity contribution in [1.29, 1.82) is 0 Å². The smallest absolute Gasteiger partial charge is 0.276 e. The summed E-state index contributed by atoms with van der Waals surface area (Å²) >= 11 is 0. The number of nitrogens with one attached hydrogen (secondary N) is 2. The molecule has 0 atom stereocenters. The van der Waals surface area contributed by atoms with Crippen LogP contribution in [0.5, 0.6) is 5.75 Å². The Morgan fingerprint density at radius 3 is 2.52 bits per heavy atom. The van der Waals surface area contributed by atoms with E-state index in [-0.39, 0.29) is 12.4 Å². The predicted octanol–water partition coefficient (Wildman–Crippen LogP) is 2.33. The van der Waals surface area contributed by atoms with E-state index in [1.165, 1.54) is 12.1 Å². The highest BCUT2D eigenvalue weighted by molar-refractivity contribution is 5.78. The molecule has 3 rings (SSSR count). The number of amides is 1. The first-order valence-electron chi connectivity index (χ1n) is 8.68. The first-order valence-corrected chi connectivity index (χ1v) is 8.68. The number of nitrogens with zero attached hydrogens (tertiary/aromatic N) is 1. The third-order valence-electron chi connectivity index (χ3n) is 4.14. The maximum Gasteiger partial charge on any atom is 0.276 e. The molecule has 1 amide bonds. The van der Waals surface area contributed by atoms with Crippen LogP contribution >= 0.6 is 0 Å². The van der Waals surface area contributed by atoms with E-state index in [1.807, 2.05) is 24.3 Å². The van der Waals surface area contributed by atoms with Crippen LogP contribution in [0.15, 0.2) is 55.1 Å². The van der Waals surface area contributed by atoms with Gasteiger partial charge in [-0.15, -0.1) is 0 Å². The zero-order chi connectivity index (χ0) is 19.1. The van der Waals surface area contributed by atoms with E-state index in [1.54, 1.807) is 12.1 Å². The minimum Gasteiger partial charge on any atom is -0.481 e. The lowest BCUT2D eigenvalue weighted by Crippen LogP contribution is -2.39. The molecule has 1 fully saturated rings. The lowest BCUT2D eigenvalue weighted by molar-refractivity contribution is -0.123. The van der Waals surface area contributed by atoms with Crippen molar-refractivity contribution in [3.8, 4) is 5.75 Å². The predicted molar refractivity (Wildman–Crippen MR) is 102 cm³/mol. The Morgan fingerprint density at radius 2 is 1.81 bits per heavy atom. The van der Waals surface area contributed by atoms with Crippen LogP contribution in [0.1, 0.15) is 5.56 Å². The summed E-state index contributed by atoms with van der Waals surface area (Å²) in [6.45, 7) is 6.81. The van der Waals surface area contributed by atoms with Crippen LogP contribution < -0.4 is 20.5 Å². The molecular weight excluding hydrogens is 349 g/mol. The Kier molecular flexibility index (Phi) is 6.27. The molecule has 0 saturated carbocycles. The highest BCUT2D eigenvalue weighted by Crippen LogP contribution is 2.19. The van der Waals surface area contributed by atoms with Gasteiger partial charge < -0.3 is 14.4 Å². The molecule has 0 aliphatic carbocycles. The summed E-state index contributed by atoms with van der Waals surface area (Å²) in [5.74, 6) is -0.919. The van der Waals surface area contributed by atoms with E-state index >= 15 is 0 Å². The van der Waals surface area contributed by atoms with Crippen molar-refractivity contribution < 1.29 is 18.7 Å². The maximum atomic E-state index is 13.4. The van der Waals surface area contributed by atoms with Crippen LogP contribution in [0, 0.1) is 5.82 Å². The standard InChI is InChI=1S/C20H22FN3O3/c1-15(16-6-8-17(9-7-16)24-10-12-26-13-11-24)22-23-20(25)14-27-19-5-3-2-4-18(19)21/h2-9,22H,1,10-14H2,(H,23,25). The van der Waals surface area contributed by atoms with Crippen LogP contribution in [0.2, 0.25) is 0 Å². The van der Waals surface area contributed by atoms with Crippen molar-refractivity contribution in [3.63, 3.8) is 0 Å². The summed E-state index contributed by atoms with van der Waals surface area (Å²) in [5.41, 5.74) is 7.75. The second-order valence-corrected chi connectivity index (χ2v) is 6.02. The van der Waals surface area contributed by atoms with Gasteiger partial charge in [-0.25, -0.2) is 4.39 Å². The number of anilines is 1. The molecule has 0 spiro atoms. The zero-order valence-electron chi connectivity index (χ0n) is 14.9. The maximum absolute atomic E-state index is 13.4. The number of hydrogen-bond donors (Lipinski definition) is 2. The van der Waals surface area contributed by atoms with Gasteiger partial charge in [0.25, 0.3) is 5.91 Å². The Balaban J connectivity index is 1.45. The molecule has 1 aliphatic rings. The van der Waals surface area contributed by atoms with E-state index in [0.717, 1.165) is 37.6 Å². The summed E-state index contributed by atoms with van der Waals surface area (Å²) in [7, 11) is 0. The van der Waals surface area contributed by atoms with Gasteiger partial charge in [0.1, 0.15) is 0 Å². The number of benzene rings is 2. The number of morpholine rings is 1. The largest absolute Gasteiger partial charge is 0.481 e. The molecule has 0 aromatic heterocycles. The number of carbonyl (C=O) groups is 1. The molecule has 27 heavy (non-hydrogen) atoms. The number of rotatable bonds is 7. The summed E-state index contributed by atoms with van der Waals surface area (Å²) in [6.07, 6.45) is 0. The van der Waals surface area contributed by atoms with E-state index < -0.39 is 11.7 Å². The Morgan fingerprint density at radius 1 is 1.11 bits per heavy atom. The molecule has 6 nitrogen and oxygen atoms in total. The number of hydrazine groups is 1. The van der Waals surface area contributed by atoms with E-state index in [4.69, 9.17) is 9.47 Å². The van der Waals surface area contributed by atoms with Gasteiger partial charge in [-0.2, -0.15) is 0 Å². The lowest BCUT2D eigenvalue weighted by atomic mass is 10.1. The van der Waals surface area contributed by atoms with Gasteiger partial charge in [0.15, 0.2) is 18.2 Å². The molecule has 0 unspecified atom stereocenters. The van der Waals surface area contributed by atoms with Gasteiger partial charge in [0, 0.05) is 18.8 Å². The third kappa shape index (κ3) is 5.21. The second kappa shape index (κ2) is 9.05. The minimum atomic E-state index is -0.511. The van der Waals surface area contributed by atoms with Crippen LogP contribution in [0.3, 0.4) is 0 Å². The van der Waals surface area contributed by atoms with Crippen molar-refractivity contribution in [1.82, 2.24) is 10.9 Å². The number of halogens is 1. The van der Waals surface area contributed by atoms with Gasteiger partial charge in [-0.05, 0) is 29.8 Å². The lowest BCUT2D eigenvalue weighted by Gasteiger charge is -2.29. The van der Waals surface area contributed by atoms with Crippen molar-refractivity contribution >= 4 is 17.3 Å². The van der Waals surface area contributed by atoms with Gasteiger partial charge in [-0.3, -0.25) is 15.6 Å². The number of hydrogen-bond acceptors (Lipinski definition) is 5. The van der Waals surface area contributed by atoms with Gasteiger partial charge in [0.2, 0.25) is 0 Å². The quantitative estimate of drug-likeness (QED) is 0.732. The molecule has 2 N–H and O–H groups in total. The van der Waals surface area contributed by atoms with Crippen molar-refractivity contribution in [2.75, 3.05) is 37.8 Å². The first-order chi connectivity index (χ1) is 13.1. The molecule has 1 aliphatic heterocycles. The monoisotopic (exact) mass is 371 g/mol. The van der Waals surface area contributed by atoms with E-state index in [2.05, 4.69) is 22.3 Å². The van der Waals surface area contributed by atoms with Gasteiger partial charge in [-0.1, -0.05) is 30.8 Å². The molecule has 7 heteroatoms. The Bertz CT molecular complexity index is 789. The zero-order valence-corrected chi connectivity index (χ0v) is 14.9. The fourth-order valence-electron chi connectivity index (χ4n) is 2.65. The molecule has 1 heterocycles. The fourth-order valence-corrected chi connectivity index (χ4v) is 2.65. The molecule has 2 aromatic rings. The molecule has 0 bridgehead atoms. The van der Waals surface area contributed by atoms with Crippen molar-refractivity contribution in [3.05, 3.63) is 66.5 Å². The Labute approximate surface area is 157 Å². The summed E-state index contributed by atoms with van der Waals surface area (Å²) < 4.78 is 23.9. The SMILES string of the molecule is C=C(NNC(=O)COc1ccccc1F)c1ccc(N2CCOCC2)cc1. The molecular formula is C20H22FN3O3. The first kappa shape index (κ1) is 18.7. The average Bonchev–Trinajstić information content (AvgIpc) is 2.72. The third-order valence-corrected chi connectivity index (χ3v) is 4.14. The van der Waals surface area contributed by atoms with Crippen LogP contribution in [-0.4, -0.2) is 38.8 Å². The summed E-state index contributed by atoms with van der Waals surface area (Å²) in [4.78, 5) is 14.1. The minimum absolute atomic E-state index is 0.0326. The fraction of sp³-hybridized carbons (Fsp3) is 0.250. The number of ether oxygens (including phenoxy) is 2. The van der Waals surface area contributed by atoms with Crippen LogP contribution in [0.4, 0.5) is 10.1 Å². The molecule has 0 radical (unpaired) electrons. The Hall–Kier alpha value is -3.06. The van der Waals surface area contributed by atoms with Gasteiger partial charge in [0.05, 0.1) is 18.9 Å². The van der Waals surface area contributed by atoms with E-state index in [0.29, 0.717) is 5.70 Å². The number of carbonyl (C=O) groups excluding carboxylic acids is 1. The second-order valence-electron chi connectivity index (χ2n) is 6.02.